The zero-order chi connectivity index (χ0) is 23.5. The first kappa shape index (κ1) is 22.0. The average Bonchev–Trinajstić information content (AvgIpc) is 3.43. The van der Waals surface area contributed by atoms with Crippen LogP contribution in [-0.4, -0.2) is 54.6 Å². The maximum Gasteiger partial charge on any atom is 0.254 e. The van der Waals surface area contributed by atoms with Crippen molar-refractivity contribution in [3.05, 3.63) is 65.4 Å². The molecule has 34 heavy (non-hydrogen) atoms. The van der Waals surface area contributed by atoms with Gasteiger partial charge >= 0.3 is 0 Å². The molecule has 0 bridgehead atoms. The topological polar surface area (TPSA) is 77.0 Å². The standard InChI is InChI=1S/C26H28N4O4/c1-32-19-11-9-18(10-12-19)25(31)30-16-13-21-20(17-30)24(28-26(27-21)29-14-5-6-15-29)34-23-8-4-3-7-22(23)33-2/h3-4,7-12H,5-6,13-17H2,1-2H3. The van der Waals surface area contributed by atoms with Crippen LogP contribution in [0.25, 0.3) is 0 Å². The average molecular weight is 461 g/mol. The molecule has 3 heterocycles. The van der Waals surface area contributed by atoms with Gasteiger partial charge in [0.15, 0.2) is 11.5 Å². The van der Waals surface area contributed by atoms with Crippen LogP contribution in [0.3, 0.4) is 0 Å². The predicted molar refractivity (Wildman–Crippen MR) is 128 cm³/mol. The van der Waals surface area contributed by atoms with Crippen LogP contribution in [-0.2, 0) is 13.0 Å². The van der Waals surface area contributed by atoms with Crippen LogP contribution in [0, 0.1) is 0 Å². The van der Waals surface area contributed by atoms with Gasteiger partial charge in [-0.25, -0.2) is 4.98 Å². The van der Waals surface area contributed by atoms with Gasteiger partial charge in [-0.05, 0) is 49.2 Å². The van der Waals surface area contributed by atoms with Crippen molar-refractivity contribution in [3.63, 3.8) is 0 Å². The van der Waals surface area contributed by atoms with Crippen molar-refractivity contribution >= 4 is 11.9 Å². The van der Waals surface area contributed by atoms with Crippen molar-refractivity contribution in [1.29, 1.82) is 0 Å². The second-order valence-electron chi connectivity index (χ2n) is 8.41. The van der Waals surface area contributed by atoms with E-state index in [0.29, 0.717) is 48.4 Å². The van der Waals surface area contributed by atoms with E-state index in [4.69, 9.17) is 24.2 Å². The number of nitrogens with zero attached hydrogens (tertiary/aromatic N) is 4. The number of methoxy groups -OCH3 is 2. The van der Waals surface area contributed by atoms with Gasteiger partial charge in [0.25, 0.3) is 5.91 Å². The Balaban J connectivity index is 1.48. The molecule has 8 heteroatoms. The van der Waals surface area contributed by atoms with E-state index < -0.39 is 0 Å². The molecule has 176 valence electrons. The number of hydrogen-bond donors (Lipinski definition) is 0. The maximum absolute atomic E-state index is 13.2. The Kier molecular flexibility index (Phi) is 6.20. The number of aromatic nitrogens is 2. The molecule has 8 nitrogen and oxygen atoms in total. The van der Waals surface area contributed by atoms with Crippen molar-refractivity contribution in [2.45, 2.75) is 25.8 Å². The molecular formula is C26H28N4O4. The van der Waals surface area contributed by atoms with Crippen LogP contribution < -0.4 is 19.1 Å². The Labute approximate surface area is 199 Å². The molecule has 0 radical (unpaired) electrons. The van der Waals surface area contributed by atoms with E-state index in [1.807, 2.05) is 29.2 Å². The first-order valence-electron chi connectivity index (χ1n) is 11.5. The van der Waals surface area contributed by atoms with Gasteiger partial charge in [0.1, 0.15) is 5.75 Å². The zero-order valence-corrected chi connectivity index (χ0v) is 19.5. The molecular weight excluding hydrogens is 432 g/mol. The number of rotatable bonds is 6. The number of anilines is 1. The molecule has 0 spiro atoms. The number of para-hydroxylation sites is 2. The highest BCUT2D eigenvalue weighted by atomic mass is 16.5. The van der Waals surface area contributed by atoms with Gasteiger partial charge in [0.05, 0.1) is 32.0 Å². The third-order valence-electron chi connectivity index (χ3n) is 6.30. The Bertz CT molecular complexity index is 1180. The lowest BCUT2D eigenvalue weighted by Gasteiger charge is -2.30. The fourth-order valence-corrected chi connectivity index (χ4v) is 4.41. The van der Waals surface area contributed by atoms with Gasteiger partial charge in [-0.15, -0.1) is 0 Å². The number of carbonyl (C=O) groups excluding carboxylic acids is 1. The fraction of sp³-hybridized carbons (Fsp3) is 0.346. The lowest BCUT2D eigenvalue weighted by molar-refractivity contribution is 0.0732. The highest BCUT2D eigenvalue weighted by Crippen LogP contribution is 2.36. The summed E-state index contributed by atoms with van der Waals surface area (Å²) in [6.45, 7) is 2.84. The van der Waals surface area contributed by atoms with Crippen molar-refractivity contribution in [3.8, 4) is 23.1 Å². The van der Waals surface area contributed by atoms with Crippen LogP contribution in [0.5, 0.6) is 23.1 Å². The molecule has 0 atom stereocenters. The van der Waals surface area contributed by atoms with Crippen LogP contribution in [0.2, 0.25) is 0 Å². The number of fused-ring (bicyclic) bond motifs is 1. The summed E-state index contributed by atoms with van der Waals surface area (Å²) in [4.78, 5) is 26.9. The largest absolute Gasteiger partial charge is 0.497 e. The Morgan fingerprint density at radius 3 is 2.32 bits per heavy atom. The Morgan fingerprint density at radius 2 is 1.62 bits per heavy atom. The van der Waals surface area contributed by atoms with Crippen molar-refractivity contribution < 1.29 is 19.0 Å². The number of ether oxygens (including phenoxy) is 3. The second kappa shape index (κ2) is 9.59. The normalized spacial score (nSPS) is 15.1. The molecule has 0 saturated carbocycles. The summed E-state index contributed by atoms with van der Waals surface area (Å²) < 4.78 is 17.0. The van der Waals surface area contributed by atoms with E-state index in [1.54, 1.807) is 38.5 Å². The van der Waals surface area contributed by atoms with Gasteiger partial charge < -0.3 is 24.0 Å². The number of amides is 1. The third kappa shape index (κ3) is 4.35. The van der Waals surface area contributed by atoms with E-state index in [1.165, 1.54) is 0 Å². The van der Waals surface area contributed by atoms with Gasteiger partial charge in [0.2, 0.25) is 11.8 Å². The smallest absolute Gasteiger partial charge is 0.254 e. The van der Waals surface area contributed by atoms with E-state index >= 15 is 0 Å². The highest BCUT2D eigenvalue weighted by molar-refractivity contribution is 5.94. The lowest BCUT2D eigenvalue weighted by Crippen LogP contribution is -2.37. The number of hydrogen-bond acceptors (Lipinski definition) is 7. The summed E-state index contributed by atoms with van der Waals surface area (Å²) in [7, 11) is 3.22. The van der Waals surface area contributed by atoms with Gasteiger partial charge in [-0.1, -0.05) is 12.1 Å². The lowest BCUT2D eigenvalue weighted by atomic mass is 10.0. The van der Waals surface area contributed by atoms with Crippen molar-refractivity contribution in [1.82, 2.24) is 14.9 Å². The van der Waals surface area contributed by atoms with Gasteiger partial charge in [0, 0.05) is 31.6 Å². The molecule has 3 aromatic rings. The zero-order valence-electron chi connectivity index (χ0n) is 19.5. The van der Waals surface area contributed by atoms with Crippen molar-refractivity contribution in [2.24, 2.45) is 0 Å². The third-order valence-corrected chi connectivity index (χ3v) is 6.30. The molecule has 1 amide bonds. The van der Waals surface area contributed by atoms with Crippen LogP contribution in [0.15, 0.2) is 48.5 Å². The fourth-order valence-electron chi connectivity index (χ4n) is 4.41. The Morgan fingerprint density at radius 1 is 0.882 bits per heavy atom. The molecule has 0 N–H and O–H groups in total. The molecule has 1 saturated heterocycles. The highest BCUT2D eigenvalue weighted by Gasteiger charge is 2.29. The van der Waals surface area contributed by atoms with Gasteiger partial charge in [-0.2, -0.15) is 4.98 Å². The molecule has 0 aliphatic carbocycles. The summed E-state index contributed by atoms with van der Waals surface area (Å²) in [5.74, 6) is 3.05. The summed E-state index contributed by atoms with van der Waals surface area (Å²) in [6.07, 6.45) is 2.91. The maximum atomic E-state index is 13.2. The molecule has 1 fully saturated rings. The van der Waals surface area contributed by atoms with E-state index in [2.05, 4.69) is 4.90 Å². The minimum atomic E-state index is -0.0415. The monoisotopic (exact) mass is 460 g/mol. The molecule has 2 aliphatic rings. The summed E-state index contributed by atoms with van der Waals surface area (Å²) in [5, 5.41) is 0. The van der Waals surface area contributed by atoms with Crippen LogP contribution >= 0.6 is 0 Å². The molecule has 1 aromatic heterocycles. The number of carbonyl (C=O) groups is 1. The second-order valence-corrected chi connectivity index (χ2v) is 8.41. The number of benzene rings is 2. The molecule has 2 aromatic carbocycles. The summed E-state index contributed by atoms with van der Waals surface area (Å²) in [5.41, 5.74) is 2.38. The van der Waals surface area contributed by atoms with E-state index in [-0.39, 0.29) is 5.91 Å². The minimum Gasteiger partial charge on any atom is -0.497 e. The Hall–Kier alpha value is -3.81. The van der Waals surface area contributed by atoms with Gasteiger partial charge in [-0.3, -0.25) is 4.79 Å². The predicted octanol–water partition coefficient (Wildman–Crippen LogP) is 4.08. The van der Waals surface area contributed by atoms with E-state index in [0.717, 1.165) is 42.9 Å². The SMILES string of the molecule is COc1ccc(C(=O)N2CCc3nc(N4CCCC4)nc(Oc4ccccc4OC)c3C2)cc1. The minimum absolute atomic E-state index is 0.0415. The van der Waals surface area contributed by atoms with Crippen molar-refractivity contribution in [2.75, 3.05) is 38.8 Å². The first-order valence-corrected chi connectivity index (χ1v) is 11.5. The van der Waals surface area contributed by atoms with E-state index in [9.17, 15) is 4.79 Å². The molecule has 2 aliphatic heterocycles. The van der Waals surface area contributed by atoms with Crippen LogP contribution in [0.1, 0.15) is 34.5 Å². The molecule has 0 unspecified atom stereocenters. The first-order chi connectivity index (χ1) is 16.7. The quantitative estimate of drug-likeness (QED) is 0.548. The van der Waals surface area contributed by atoms with Crippen LogP contribution in [0.4, 0.5) is 5.95 Å². The molecule has 5 rings (SSSR count). The summed E-state index contributed by atoms with van der Waals surface area (Å²) in [6, 6.07) is 14.7. The summed E-state index contributed by atoms with van der Waals surface area (Å²) >= 11 is 0.